The van der Waals surface area contributed by atoms with Gasteiger partial charge in [-0.1, -0.05) is 25.1 Å². The van der Waals surface area contributed by atoms with Crippen LogP contribution in [-0.4, -0.2) is 56.0 Å². The molecular weight excluding hydrogens is 563 g/mol. The fourth-order valence-electron chi connectivity index (χ4n) is 4.87. The minimum Gasteiger partial charge on any atom is -0.481 e. The third kappa shape index (κ3) is 5.61. The number of nitrogens with zero attached hydrogens (tertiary/aromatic N) is 5. The van der Waals surface area contributed by atoms with Crippen LogP contribution in [0, 0.1) is 6.92 Å². The number of carboxylic acid groups (broad SMARTS) is 1. The van der Waals surface area contributed by atoms with E-state index < -0.39 is 40.0 Å². The molecule has 14 heteroatoms. The number of aromatic nitrogens is 4. The molecule has 0 radical (unpaired) electrons. The van der Waals surface area contributed by atoms with Crippen molar-refractivity contribution in [2.75, 3.05) is 6.54 Å². The van der Waals surface area contributed by atoms with Crippen LogP contribution >= 0.6 is 0 Å². The van der Waals surface area contributed by atoms with Gasteiger partial charge in [0.1, 0.15) is 11.0 Å². The van der Waals surface area contributed by atoms with Crippen LogP contribution in [0.5, 0.6) is 5.88 Å². The SMILES string of the molecule is CC[C@@H]1CN(Cc2cc([C@@H](CC(=O)O)c3ccn4c(C(F)(F)F)nnc4c3)ccc2C)S(=O)(=O)c2cccnc2O1. The first-order valence-corrected chi connectivity index (χ1v) is 14.2. The molecule has 10 nitrogen and oxygen atoms in total. The summed E-state index contributed by atoms with van der Waals surface area (Å²) in [6.45, 7) is 3.78. The molecule has 0 amide bonds. The topological polar surface area (TPSA) is 127 Å². The number of carboxylic acids is 1. The van der Waals surface area contributed by atoms with Crippen molar-refractivity contribution in [2.45, 2.75) is 56.3 Å². The van der Waals surface area contributed by atoms with Crippen molar-refractivity contribution in [3.05, 3.63) is 82.9 Å². The highest BCUT2D eigenvalue weighted by atomic mass is 32.2. The monoisotopic (exact) mass is 589 g/mol. The van der Waals surface area contributed by atoms with Crippen LogP contribution in [0.4, 0.5) is 13.2 Å². The van der Waals surface area contributed by atoms with Gasteiger partial charge in [-0.2, -0.15) is 17.5 Å². The molecule has 216 valence electrons. The number of rotatable bonds is 7. The lowest BCUT2D eigenvalue weighted by Crippen LogP contribution is -2.36. The molecule has 0 unspecified atom stereocenters. The van der Waals surface area contributed by atoms with Crippen LogP contribution in [-0.2, 0) is 27.5 Å². The van der Waals surface area contributed by atoms with E-state index in [0.717, 1.165) is 16.2 Å². The predicted molar refractivity (Wildman–Crippen MR) is 140 cm³/mol. The lowest BCUT2D eigenvalue weighted by atomic mass is 9.87. The summed E-state index contributed by atoms with van der Waals surface area (Å²) in [5.74, 6) is -3.00. The van der Waals surface area contributed by atoms with Gasteiger partial charge in [-0.25, -0.2) is 13.4 Å². The Morgan fingerprint density at radius 1 is 1.17 bits per heavy atom. The van der Waals surface area contributed by atoms with Gasteiger partial charge < -0.3 is 9.84 Å². The first-order chi connectivity index (χ1) is 19.4. The normalized spacial score (nSPS) is 17.9. The zero-order valence-corrected chi connectivity index (χ0v) is 22.9. The number of aliphatic carboxylic acids is 1. The van der Waals surface area contributed by atoms with Crippen LogP contribution in [0.15, 0.2) is 59.8 Å². The quantitative estimate of drug-likeness (QED) is 0.336. The summed E-state index contributed by atoms with van der Waals surface area (Å²) in [4.78, 5) is 15.9. The highest BCUT2D eigenvalue weighted by Crippen LogP contribution is 2.34. The number of pyridine rings is 2. The van der Waals surface area contributed by atoms with Crippen LogP contribution < -0.4 is 4.74 Å². The van der Waals surface area contributed by atoms with Gasteiger partial charge in [-0.3, -0.25) is 9.20 Å². The Kier molecular flexibility index (Phi) is 7.46. The van der Waals surface area contributed by atoms with Gasteiger partial charge in [0.15, 0.2) is 5.65 Å². The Hall–Kier alpha value is -4.04. The predicted octanol–water partition coefficient (Wildman–Crippen LogP) is 4.42. The second kappa shape index (κ2) is 10.7. The Morgan fingerprint density at radius 3 is 2.63 bits per heavy atom. The van der Waals surface area contributed by atoms with Crippen LogP contribution in [0.3, 0.4) is 0 Å². The molecule has 1 aromatic carbocycles. The molecule has 1 aliphatic heterocycles. The number of aryl methyl sites for hydroxylation is 1. The van der Waals surface area contributed by atoms with E-state index in [9.17, 15) is 31.5 Å². The Balaban J connectivity index is 1.53. The Bertz CT molecular complexity index is 1720. The van der Waals surface area contributed by atoms with Crippen molar-refractivity contribution in [2.24, 2.45) is 0 Å². The van der Waals surface area contributed by atoms with Gasteiger partial charge in [-0.15, -0.1) is 10.2 Å². The Labute approximate surface area is 233 Å². The number of alkyl halides is 3. The molecule has 5 rings (SSSR count). The van der Waals surface area contributed by atoms with E-state index in [4.69, 9.17) is 4.74 Å². The number of hydrogen-bond donors (Lipinski definition) is 1. The molecule has 4 heterocycles. The first-order valence-electron chi connectivity index (χ1n) is 12.7. The van der Waals surface area contributed by atoms with Crippen molar-refractivity contribution < 1.29 is 36.2 Å². The molecule has 0 bridgehead atoms. The molecule has 1 N–H and O–H groups in total. The van der Waals surface area contributed by atoms with Crippen molar-refractivity contribution in [3.8, 4) is 5.88 Å². The number of sulfonamides is 1. The molecule has 4 aromatic rings. The average molecular weight is 590 g/mol. The number of hydrogen-bond acceptors (Lipinski definition) is 7. The fraction of sp³-hybridized carbons (Fsp3) is 0.333. The molecule has 1 aliphatic rings. The van der Waals surface area contributed by atoms with Crippen LogP contribution in [0.1, 0.15) is 53.8 Å². The highest BCUT2D eigenvalue weighted by molar-refractivity contribution is 7.89. The lowest BCUT2D eigenvalue weighted by molar-refractivity contribution is -0.145. The summed E-state index contributed by atoms with van der Waals surface area (Å²) >= 11 is 0. The van der Waals surface area contributed by atoms with Crippen molar-refractivity contribution in [1.29, 1.82) is 0 Å². The summed E-state index contributed by atoms with van der Waals surface area (Å²) < 4.78 is 75.1. The van der Waals surface area contributed by atoms with Gasteiger partial charge in [0.05, 0.1) is 13.0 Å². The second-order valence-corrected chi connectivity index (χ2v) is 11.7. The molecule has 2 atom stereocenters. The summed E-state index contributed by atoms with van der Waals surface area (Å²) in [5, 5.41) is 16.5. The number of fused-ring (bicyclic) bond motifs is 2. The van der Waals surface area contributed by atoms with Crippen molar-refractivity contribution in [3.63, 3.8) is 0 Å². The average Bonchev–Trinajstić information content (AvgIpc) is 3.32. The molecule has 0 spiro atoms. The molecule has 0 aliphatic carbocycles. The minimum absolute atomic E-state index is 0.00581. The fourth-order valence-corrected chi connectivity index (χ4v) is 6.39. The van der Waals surface area contributed by atoms with E-state index in [1.165, 1.54) is 34.8 Å². The number of benzene rings is 1. The molecule has 3 aromatic heterocycles. The van der Waals surface area contributed by atoms with Gasteiger partial charge in [0.25, 0.3) is 0 Å². The van der Waals surface area contributed by atoms with Gasteiger partial charge >= 0.3 is 12.1 Å². The maximum Gasteiger partial charge on any atom is 0.452 e. The maximum atomic E-state index is 13.6. The van der Waals surface area contributed by atoms with E-state index in [1.54, 1.807) is 18.2 Å². The molecular formula is C27H26F3N5O5S. The minimum atomic E-state index is -4.71. The third-order valence-corrected chi connectivity index (χ3v) is 8.91. The number of ether oxygens (including phenoxy) is 1. The summed E-state index contributed by atoms with van der Waals surface area (Å²) in [5.41, 5.74) is 2.34. The van der Waals surface area contributed by atoms with Crippen molar-refractivity contribution in [1.82, 2.24) is 23.9 Å². The highest BCUT2D eigenvalue weighted by Gasteiger charge is 2.37. The summed E-state index contributed by atoms with van der Waals surface area (Å²) in [7, 11) is -3.97. The van der Waals surface area contributed by atoms with E-state index >= 15 is 0 Å². The maximum absolute atomic E-state index is 13.6. The smallest absolute Gasteiger partial charge is 0.452 e. The van der Waals surface area contributed by atoms with E-state index in [-0.39, 0.29) is 35.9 Å². The van der Waals surface area contributed by atoms with Crippen molar-refractivity contribution >= 4 is 21.6 Å². The third-order valence-electron chi connectivity index (χ3n) is 7.09. The summed E-state index contributed by atoms with van der Waals surface area (Å²) in [6.07, 6.45) is -2.32. The lowest BCUT2D eigenvalue weighted by Gasteiger charge is -2.24. The van der Waals surface area contributed by atoms with Gasteiger partial charge in [0.2, 0.25) is 21.7 Å². The van der Waals surface area contributed by atoms with E-state index in [1.807, 2.05) is 13.8 Å². The molecule has 0 saturated heterocycles. The number of halogens is 3. The zero-order chi connectivity index (χ0) is 29.5. The largest absolute Gasteiger partial charge is 0.481 e. The molecule has 0 saturated carbocycles. The number of carbonyl (C=O) groups is 1. The zero-order valence-electron chi connectivity index (χ0n) is 22.0. The molecule has 0 fully saturated rings. The summed E-state index contributed by atoms with van der Waals surface area (Å²) in [6, 6.07) is 11.0. The van der Waals surface area contributed by atoms with E-state index in [0.29, 0.717) is 23.1 Å². The first kappa shape index (κ1) is 28.5. The van der Waals surface area contributed by atoms with E-state index in [2.05, 4.69) is 15.2 Å². The standard InChI is InChI=1S/C27H26F3N5O5S/c1-3-20-15-34(41(38,39)22-5-4-9-31-25(22)40-20)14-19-11-17(7-6-16(19)2)21(13-24(36)37)18-8-10-35-23(12-18)32-33-26(35)27(28,29)30/h4-12,20-21H,3,13-15H2,1-2H3,(H,36,37)/t20-,21-/m1/s1. The molecule has 41 heavy (non-hydrogen) atoms. The van der Waals surface area contributed by atoms with Gasteiger partial charge in [-0.05, 0) is 59.9 Å². The second-order valence-electron chi connectivity index (χ2n) is 9.80. The Morgan fingerprint density at radius 2 is 1.93 bits per heavy atom. The van der Waals surface area contributed by atoms with Crippen LogP contribution in [0.25, 0.3) is 5.65 Å². The van der Waals surface area contributed by atoms with Crippen LogP contribution in [0.2, 0.25) is 0 Å². The van der Waals surface area contributed by atoms with Gasteiger partial charge in [0, 0.05) is 24.9 Å².